The number of hydrogen-bond donors (Lipinski definition) is 2. The van der Waals surface area contributed by atoms with E-state index in [1.165, 1.54) is 0 Å². The molecule has 1 saturated carbocycles. The van der Waals surface area contributed by atoms with Crippen LogP contribution in [0.4, 0.5) is 4.79 Å². The molecule has 10 heteroatoms. The number of aromatic amines is 1. The zero-order valence-corrected chi connectivity index (χ0v) is 19.7. The van der Waals surface area contributed by atoms with E-state index in [0.29, 0.717) is 24.9 Å². The third-order valence-electron chi connectivity index (χ3n) is 7.11. The number of carbonyl (C=O) groups excluding carboxylic acids is 1. The number of urea groups is 1. The highest BCUT2D eigenvalue weighted by atomic mass is 16.2. The van der Waals surface area contributed by atoms with Crippen molar-refractivity contribution in [2.24, 2.45) is 5.92 Å². The molecule has 1 saturated heterocycles. The average Bonchev–Trinajstić information content (AvgIpc) is 3.49. The maximum atomic E-state index is 12.4. The molecule has 2 amide bonds. The Hall–Kier alpha value is -3.45. The number of H-pyrrole nitrogens is 1. The molecule has 0 aromatic carbocycles. The van der Waals surface area contributed by atoms with E-state index in [9.17, 15) is 10.1 Å². The van der Waals surface area contributed by atoms with E-state index in [1.807, 2.05) is 34.2 Å². The third-order valence-corrected chi connectivity index (χ3v) is 7.11. The Morgan fingerprint density at radius 2 is 2.09 bits per heavy atom. The van der Waals surface area contributed by atoms with Crippen molar-refractivity contribution in [1.82, 2.24) is 39.8 Å². The maximum Gasteiger partial charge on any atom is 0.317 e. The molecule has 2 N–H and O–H groups in total. The van der Waals surface area contributed by atoms with E-state index in [-0.39, 0.29) is 11.6 Å². The van der Waals surface area contributed by atoms with Crippen LogP contribution in [0.3, 0.4) is 0 Å². The van der Waals surface area contributed by atoms with Crippen LogP contribution in [-0.2, 0) is 5.54 Å². The number of nitriles is 1. The molecule has 178 valence electrons. The van der Waals surface area contributed by atoms with Crippen LogP contribution in [0.2, 0.25) is 0 Å². The van der Waals surface area contributed by atoms with Crippen molar-refractivity contribution in [3.8, 4) is 17.3 Å². The second-order valence-corrected chi connectivity index (χ2v) is 9.86. The summed E-state index contributed by atoms with van der Waals surface area (Å²) in [6.45, 7) is 8.08. The number of nitrogens with one attached hydrogen (secondary N) is 2. The van der Waals surface area contributed by atoms with Crippen LogP contribution in [-0.4, -0.2) is 79.3 Å². The predicted molar refractivity (Wildman–Crippen MR) is 128 cm³/mol. The molecular weight excluding hydrogens is 430 g/mol. The smallest absolute Gasteiger partial charge is 0.317 e. The SMILES string of the molecule is CC(C)CNC(=O)N1CCN([C@H]2C[C@](CC#N)(n3cc(-c4ncnc5[nH]ccc45)cn3)C2)CC1. The van der Waals surface area contributed by atoms with E-state index in [4.69, 9.17) is 0 Å². The number of piperazine rings is 1. The van der Waals surface area contributed by atoms with Crippen LogP contribution in [0.1, 0.15) is 33.1 Å². The molecule has 1 aliphatic heterocycles. The van der Waals surface area contributed by atoms with Crippen LogP contribution in [0, 0.1) is 17.2 Å². The zero-order chi connectivity index (χ0) is 23.7. The van der Waals surface area contributed by atoms with Gasteiger partial charge in [-0.1, -0.05) is 13.8 Å². The third kappa shape index (κ3) is 4.12. The van der Waals surface area contributed by atoms with Gasteiger partial charge in [-0.05, 0) is 24.8 Å². The molecule has 3 aromatic heterocycles. The average molecular weight is 462 g/mol. The van der Waals surface area contributed by atoms with Crippen LogP contribution in [0.5, 0.6) is 0 Å². The fourth-order valence-electron chi connectivity index (χ4n) is 5.14. The molecule has 4 heterocycles. The van der Waals surface area contributed by atoms with Crippen molar-refractivity contribution < 1.29 is 4.79 Å². The first-order chi connectivity index (χ1) is 16.5. The van der Waals surface area contributed by atoms with Crippen LogP contribution >= 0.6 is 0 Å². The van der Waals surface area contributed by atoms with Gasteiger partial charge in [0.25, 0.3) is 0 Å². The fraction of sp³-hybridized carbons (Fsp3) is 0.542. The lowest BCUT2D eigenvalue weighted by Gasteiger charge is -2.52. The Bertz CT molecular complexity index is 1190. The van der Waals surface area contributed by atoms with Crippen molar-refractivity contribution in [3.05, 3.63) is 31.0 Å². The summed E-state index contributed by atoms with van der Waals surface area (Å²) in [6, 6.07) is 4.78. The molecule has 2 aliphatic rings. The summed E-state index contributed by atoms with van der Waals surface area (Å²) in [4.78, 5) is 28.6. The molecule has 0 unspecified atom stereocenters. The predicted octanol–water partition coefficient (Wildman–Crippen LogP) is 2.58. The summed E-state index contributed by atoms with van der Waals surface area (Å²) >= 11 is 0. The monoisotopic (exact) mass is 461 g/mol. The fourth-order valence-corrected chi connectivity index (χ4v) is 5.14. The lowest BCUT2D eigenvalue weighted by Crippen LogP contribution is -2.61. The van der Waals surface area contributed by atoms with Gasteiger partial charge in [-0.3, -0.25) is 9.58 Å². The van der Waals surface area contributed by atoms with E-state index in [0.717, 1.165) is 61.3 Å². The molecule has 1 aliphatic carbocycles. The molecule has 0 bridgehead atoms. The minimum Gasteiger partial charge on any atom is -0.346 e. The Morgan fingerprint density at radius 1 is 1.29 bits per heavy atom. The highest BCUT2D eigenvalue weighted by molar-refractivity contribution is 5.90. The van der Waals surface area contributed by atoms with E-state index in [1.54, 1.807) is 6.33 Å². The van der Waals surface area contributed by atoms with E-state index in [2.05, 4.69) is 50.2 Å². The highest BCUT2D eigenvalue weighted by Crippen LogP contribution is 2.45. The molecule has 3 aromatic rings. The van der Waals surface area contributed by atoms with E-state index < -0.39 is 0 Å². The molecule has 2 fully saturated rings. The number of fused-ring (bicyclic) bond motifs is 1. The zero-order valence-electron chi connectivity index (χ0n) is 19.7. The summed E-state index contributed by atoms with van der Waals surface area (Å²) in [5, 5.41) is 18.2. The number of nitrogens with zero attached hydrogens (tertiary/aromatic N) is 7. The summed E-state index contributed by atoms with van der Waals surface area (Å²) in [7, 11) is 0. The number of rotatable bonds is 6. The van der Waals surface area contributed by atoms with Crippen molar-refractivity contribution in [1.29, 1.82) is 5.26 Å². The number of aromatic nitrogens is 5. The summed E-state index contributed by atoms with van der Waals surface area (Å²) in [5.74, 6) is 0.444. The normalized spacial score (nSPS) is 23.1. The van der Waals surface area contributed by atoms with Gasteiger partial charge in [0.1, 0.15) is 12.0 Å². The van der Waals surface area contributed by atoms with Gasteiger partial charge in [0.2, 0.25) is 0 Å². The first-order valence-corrected chi connectivity index (χ1v) is 12.0. The minimum atomic E-state index is -0.298. The summed E-state index contributed by atoms with van der Waals surface area (Å²) in [5.41, 5.74) is 2.26. The highest BCUT2D eigenvalue weighted by Gasteiger charge is 2.49. The Labute approximate surface area is 199 Å². The second kappa shape index (κ2) is 9.06. The van der Waals surface area contributed by atoms with Crippen molar-refractivity contribution >= 4 is 17.1 Å². The molecule has 10 nitrogen and oxygen atoms in total. The van der Waals surface area contributed by atoms with Gasteiger partial charge >= 0.3 is 6.03 Å². The van der Waals surface area contributed by atoms with Crippen LogP contribution in [0.25, 0.3) is 22.3 Å². The van der Waals surface area contributed by atoms with Crippen molar-refractivity contribution in [3.63, 3.8) is 0 Å². The molecular formula is C24H31N9O. The quantitative estimate of drug-likeness (QED) is 0.582. The molecule has 34 heavy (non-hydrogen) atoms. The molecule has 0 spiro atoms. The van der Waals surface area contributed by atoms with Gasteiger partial charge in [-0.2, -0.15) is 10.4 Å². The Balaban J connectivity index is 1.23. The van der Waals surface area contributed by atoms with Crippen molar-refractivity contribution in [2.45, 2.75) is 44.7 Å². The minimum absolute atomic E-state index is 0.0334. The topological polar surface area (TPSA) is 119 Å². The van der Waals surface area contributed by atoms with Gasteiger partial charge in [0, 0.05) is 62.1 Å². The van der Waals surface area contributed by atoms with Crippen LogP contribution in [0.15, 0.2) is 31.0 Å². The van der Waals surface area contributed by atoms with Gasteiger partial charge < -0.3 is 15.2 Å². The summed E-state index contributed by atoms with van der Waals surface area (Å²) in [6.07, 6.45) is 9.43. The maximum absolute atomic E-state index is 12.4. The standard InChI is InChI=1S/C24H31N9O/c1-17(2)13-27-23(34)32-9-7-31(8-10-32)19-11-24(12-19,4-5-25)33-15-18(14-30-33)21-20-3-6-26-22(20)29-16-28-21/h3,6,14-17,19H,4,7-13H2,1-2H3,(H,27,34)(H,26,28,29)/t19-,24-. The number of hydrogen-bond acceptors (Lipinski definition) is 6. The number of amides is 2. The van der Waals surface area contributed by atoms with Gasteiger partial charge in [-0.15, -0.1) is 0 Å². The van der Waals surface area contributed by atoms with Crippen molar-refractivity contribution in [2.75, 3.05) is 32.7 Å². The number of carbonyl (C=O) groups is 1. The van der Waals surface area contributed by atoms with Gasteiger partial charge in [0.15, 0.2) is 0 Å². The Morgan fingerprint density at radius 3 is 2.82 bits per heavy atom. The molecule has 5 rings (SSSR count). The molecule has 0 atom stereocenters. The lowest BCUT2D eigenvalue weighted by molar-refractivity contribution is -0.0129. The second-order valence-electron chi connectivity index (χ2n) is 9.86. The van der Waals surface area contributed by atoms with Gasteiger partial charge in [0.05, 0.1) is 29.9 Å². The summed E-state index contributed by atoms with van der Waals surface area (Å²) < 4.78 is 1.97. The van der Waals surface area contributed by atoms with Crippen LogP contribution < -0.4 is 5.32 Å². The van der Waals surface area contributed by atoms with Gasteiger partial charge in [-0.25, -0.2) is 14.8 Å². The first kappa shape index (κ1) is 22.3. The van der Waals surface area contributed by atoms with E-state index >= 15 is 0 Å². The lowest BCUT2D eigenvalue weighted by atomic mass is 9.70. The first-order valence-electron chi connectivity index (χ1n) is 12.0. The largest absolute Gasteiger partial charge is 0.346 e. The molecule has 0 radical (unpaired) electrons. The Kier molecular flexibility index (Phi) is 5.96.